The minimum Gasteiger partial charge on any atom is -0.310 e. The summed E-state index contributed by atoms with van der Waals surface area (Å²) in [7, 11) is 0. The Bertz CT molecular complexity index is 344. The second-order valence-electron chi connectivity index (χ2n) is 4.38. The van der Waals surface area contributed by atoms with E-state index in [9.17, 15) is 0 Å². The van der Waals surface area contributed by atoms with E-state index in [0.717, 1.165) is 6.54 Å². The zero-order valence-corrected chi connectivity index (χ0v) is 10.8. The van der Waals surface area contributed by atoms with Crippen molar-refractivity contribution in [3.05, 3.63) is 33.8 Å². The van der Waals surface area contributed by atoms with Crippen LogP contribution in [0.3, 0.4) is 0 Å². The van der Waals surface area contributed by atoms with E-state index in [1.165, 1.54) is 37.7 Å². The topological polar surface area (TPSA) is 12.0 Å². The summed E-state index contributed by atoms with van der Waals surface area (Å²) in [4.78, 5) is 0. The van der Waals surface area contributed by atoms with Crippen LogP contribution in [0.15, 0.2) is 18.2 Å². The molecule has 16 heavy (non-hydrogen) atoms. The number of hydrogen-bond acceptors (Lipinski definition) is 1. The molecule has 0 amide bonds. The molecular weight excluding hydrogens is 241 g/mol. The quantitative estimate of drug-likeness (QED) is 0.776. The van der Waals surface area contributed by atoms with Crippen molar-refractivity contribution >= 4 is 23.2 Å². The van der Waals surface area contributed by atoms with Crippen LogP contribution < -0.4 is 5.32 Å². The first-order valence-electron chi connectivity index (χ1n) is 5.96. The van der Waals surface area contributed by atoms with Crippen molar-refractivity contribution in [2.24, 2.45) is 0 Å². The van der Waals surface area contributed by atoms with Crippen LogP contribution in [-0.4, -0.2) is 6.54 Å². The van der Waals surface area contributed by atoms with Crippen LogP contribution >= 0.6 is 23.2 Å². The van der Waals surface area contributed by atoms with Crippen molar-refractivity contribution in [2.75, 3.05) is 6.54 Å². The zero-order chi connectivity index (χ0) is 11.4. The third-order valence-electron chi connectivity index (χ3n) is 3.16. The van der Waals surface area contributed by atoms with Gasteiger partial charge in [-0.2, -0.15) is 0 Å². The lowest BCUT2D eigenvalue weighted by atomic mass is 9.98. The average molecular weight is 258 g/mol. The van der Waals surface area contributed by atoms with Gasteiger partial charge in [0.25, 0.3) is 0 Å². The summed E-state index contributed by atoms with van der Waals surface area (Å²) in [5, 5.41) is 4.87. The van der Waals surface area contributed by atoms with Crippen LogP contribution in [0.25, 0.3) is 0 Å². The van der Waals surface area contributed by atoms with Crippen LogP contribution in [0, 0.1) is 0 Å². The molecule has 0 aromatic heterocycles. The third kappa shape index (κ3) is 3.13. The van der Waals surface area contributed by atoms with Gasteiger partial charge >= 0.3 is 0 Å². The Balaban J connectivity index is 2.11. The van der Waals surface area contributed by atoms with Gasteiger partial charge in [-0.15, -0.1) is 0 Å². The van der Waals surface area contributed by atoms with E-state index in [2.05, 4.69) is 11.4 Å². The molecule has 1 atom stereocenters. The first-order chi connectivity index (χ1) is 7.77. The van der Waals surface area contributed by atoms with Crippen LogP contribution in [0.2, 0.25) is 10.0 Å². The highest BCUT2D eigenvalue weighted by Gasteiger charge is 2.13. The summed E-state index contributed by atoms with van der Waals surface area (Å²) in [5.74, 6) is 0. The van der Waals surface area contributed by atoms with E-state index in [1.54, 1.807) is 0 Å². The van der Waals surface area contributed by atoms with Crippen LogP contribution in [0.5, 0.6) is 0 Å². The largest absolute Gasteiger partial charge is 0.310 e. The van der Waals surface area contributed by atoms with Gasteiger partial charge in [-0.05, 0) is 37.1 Å². The Labute approximate surface area is 107 Å². The number of nitrogens with one attached hydrogen (secondary N) is 1. The molecular formula is C13H17Cl2N. The number of benzene rings is 1. The molecule has 88 valence electrons. The molecule has 0 radical (unpaired) electrons. The van der Waals surface area contributed by atoms with Crippen molar-refractivity contribution in [3.8, 4) is 0 Å². The van der Waals surface area contributed by atoms with Crippen molar-refractivity contribution in [3.63, 3.8) is 0 Å². The first kappa shape index (κ1) is 12.2. The van der Waals surface area contributed by atoms with Crippen LogP contribution in [0.4, 0.5) is 0 Å². The molecule has 1 unspecified atom stereocenters. The lowest BCUT2D eigenvalue weighted by molar-refractivity contribution is 0.427. The summed E-state index contributed by atoms with van der Waals surface area (Å²) in [6, 6.07) is 6.39. The summed E-state index contributed by atoms with van der Waals surface area (Å²) in [6.07, 6.45) is 6.45. The van der Waals surface area contributed by atoms with E-state index in [-0.39, 0.29) is 0 Å². The van der Waals surface area contributed by atoms with Crippen molar-refractivity contribution in [1.82, 2.24) is 5.32 Å². The van der Waals surface area contributed by atoms with Crippen molar-refractivity contribution < 1.29 is 0 Å². The molecule has 1 aliphatic heterocycles. The number of hydrogen-bond donors (Lipinski definition) is 1. The maximum Gasteiger partial charge on any atom is 0.0595 e. The molecule has 1 fully saturated rings. The normalized spacial score (nSPS) is 22.5. The molecule has 1 aromatic carbocycles. The number of halogens is 2. The fraction of sp³-hybridized carbons (Fsp3) is 0.538. The minimum absolute atomic E-state index is 0.440. The zero-order valence-electron chi connectivity index (χ0n) is 9.31. The second-order valence-corrected chi connectivity index (χ2v) is 5.20. The summed E-state index contributed by atoms with van der Waals surface area (Å²) >= 11 is 12.0. The smallest absolute Gasteiger partial charge is 0.0595 e. The maximum atomic E-state index is 6.05. The van der Waals surface area contributed by atoms with Crippen LogP contribution in [-0.2, 0) is 0 Å². The molecule has 0 aliphatic carbocycles. The van der Waals surface area contributed by atoms with E-state index in [1.807, 2.05) is 12.1 Å². The highest BCUT2D eigenvalue weighted by Crippen LogP contribution is 2.28. The van der Waals surface area contributed by atoms with Gasteiger partial charge in [-0.1, -0.05) is 48.5 Å². The molecule has 1 heterocycles. The van der Waals surface area contributed by atoms with E-state index in [0.29, 0.717) is 16.1 Å². The molecule has 1 saturated heterocycles. The predicted octanol–water partition coefficient (Wildman–Crippen LogP) is 4.59. The van der Waals surface area contributed by atoms with Crippen molar-refractivity contribution in [1.29, 1.82) is 0 Å². The lowest BCUT2D eigenvalue weighted by Gasteiger charge is -2.22. The highest BCUT2D eigenvalue weighted by molar-refractivity contribution is 6.42. The van der Waals surface area contributed by atoms with E-state index >= 15 is 0 Å². The molecule has 1 aliphatic rings. The van der Waals surface area contributed by atoms with Gasteiger partial charge in [0.05, 0.1) is 10.0 Å². The summed E-state index contributed by atoms with van der Waals surface area (Å²) in [5.41, 5.74) is 1.26. The maximum absolute atomic E-state index is 6.05. The van der Waals surface area contributed by atoms with Gasteiger partial charge < -0.3 is 5.32 Å². The lowest BCUT2D eigenvalue weighted by Crippen LogP contribution is -2.24. The van der Waals surface area contributed by atoms with Gasteiger partial charge in [0.15, 0.2) is 0 Å². The molecule has 1 aromatic rings. The average Bonchev–Trinajstić information content (AvgIpc) is 2.22. The fourth-order valence-electron chi connectivity index (χ4n) is 2.22. The fourth-order valence-corrected chi connectivity index (χ4v) is 2.53. The summed E-state index contributed by atoms with van der Waals surface area (Å²) < 4.78 is 0. The van der Waals surface area contributed by atoms with Gasteiger partial charge in [-0.25, -0.2) is 0 Å². The SMILES string of the molecule is Clc1ccc(C2CCCCCCN2)cc1Cl. The third-order valence-corrected chi connectivity index (χ3v) is 3.90. The van der Waals surface area contributed by atoms with E-state index in [4.69, 9.17) is 23.2 Å². The second kappa shape index (κ2) is 5.90. The van der Waals surface area contributed by atoms with Crippen molar-refractivity contribution in [2.45, 2.75) is 38.1 Å². The molecule has 3 heteroatoms. The first-order valence-corrected chi connectivity index (χ1v) is 6.71. The molecule has 2 rings (SSSR count). The Hall–Kier alpha value is -0.240. The Morgan fingerprint density at radius 3 is 2.62 bits per heavy atom. The minimum atomic E-state index is 0.440. The van der Waals surface area contributed by atoms with Gasteiger partial charge in [0.1, 0.15) is 0 Å². The molecule has 0 bridgehead atoms. The monoisotopic (exact) mass is 257 g/mol. The standard InChI is InChI=1S/C13H17Cl2N/c14-11-7-6-10(9-12(11)15)13-5-3-1-2-4-8-16-13/h6-7,9,13,16H,1-5,8H2. The molecule has 0 saturated carbocycles. The number of rotatable bonds is 1. The van der Waals surface area contributed by atoms with Gasteiger partial charge in [-0.3, -0.25) is 0 Å². The Kier molecular flexibility index (Phi) is 4.51. The molecule has 1 nitrogen and oxygen atoms in total. The highest BCUT2D eigenvalue weighted by atomic mass is 35.5. The predicted molar refractivity (Wildman–Crippen MR) is 70.3 cm³/mol. The summed E-state index contributed by atoms with van der Waals surface area (Å²) in [6.45, 7) is 1.10. The van der Waals surface area contributed by atoms with Crippen LogP contribution in [0.1, 0.15) is 43.7 Å². The van der Waals surface area contributed by atoms with E-state index < -0.39 is 0 Å². The van der Waals surface area contributed by atoms with Gasteiger partial charge in [0, 0.05) is 6.04 Å². The molecule has 0 spiro atoms. The Morgan fingerprint density at radius 2 is 1.81 bits per heavy atom. The van der Waals surface area contributed by atoms with Gasteiger partial charge in [0.2, 0.25) is 0 Å². The molecule has 1 N–H and O–H groups in total. The Morgan fingerprint density at radius 1 is 1.00 bits per heavy atom.